The van der Waals surface area contributed by atoms with Gasteiger partial charge in [0.25, 0.3) is 21.8 Å². The maximum atomic E-state index is 14.3. The van der Waals surface area contributed by atoms with Crippen molar-refractivity contribution in [2.24, 2.45) is 5.92 Å². The Morgan fingerprint density at radius 1 is 1.11 bits per heavy atom. The summed E-state index contributed by atoms with van der Waals surface area (Å²) in [6.07, 6.45) is 4.81. The van der Waals surface area contributed by atoms with Gasteiger partial charge < -0.3 is 24.4 Å². The highest BCUT2D eigenvalue weighted by molar-refractivity contribution is 7.92. The van der Waals surface area contributed by atoms with Crippen molar-refractivity contribution in [3.63, 3.8) is 0 Å². The maximum absolute atomic E-state index is 14.3. The van der Waals surface area contributed by atoms with Crippen LogP contribution in [-0.4, -0.2) is 91.7 Å². The Kier molecular flexibility index (Phi) is 12.1. The highest BCUT2D eigenvalue weighted by Crippen LogP contribution is 2.29. The third-order valence-corrected chi connectivity index (χ3v) is 9.48. The van der Waals surface area contributed by atoms with Crippen LogP contribution in [0.15, 0.2) is 78.0 Å². The van der Waals surface area contributed by atoms with Crippen LogP contribution in [-0.2, 0) is 14.8 Å². The number of hydrogen-bond donors (Lipinski definition) is 2. The number of carbonyl (C=O) groups is 2. The van der Waals surface area contributed by atoms with Crippen molar-refractivity contribution in [3.05, 3.63) is 84.2 Å². The quantitative estimate of drug-likeness (QED) is 0.364. The van der Waals surface area contributed by atoms with Crippen molar-refractivity contribution >= 4 is 27.5 Å². The molecule has 1 aliphatic rings. The van der Waals surface area contributed by atoms with E-state index in [1.165, 1.54) is 18.2 Å². The number of sulfonamides is 1. The minimum Gasteiger partial charge on any atom is -0.490 e. The molecule has 46 heavy (non-hydrogen) atoms. The zero-order valence-corrected chi connectivity index (χ0v) is 27.7. The minimum atomic E-state index is -3.91. The number of ether oxygens (including phenoxy) is 2. The molecule has 4 rings (SSSR count). The van der Waals surface area contributed by atoms with Crippen LogP contribution in [0.3, 0.4) is 0 Å². The average molecular weight is 653 g/mol. The predicted octanol–water partition coefficient (Wildman–Crippen LogP) is 4.45. The number of aliphatic hydroxyl groups excluding tert-OH is 1. The Labute approximate surface area is 271 Å². The molecule has 0 fully saturated rings. The number of benzene rings is 2. The summed E-state index contributed by atoms with van der Waals surface area (Å²) in [5.74, 6) is -0.500. The van der Waals surface area contributed by atoms with Gasteiger partial charge in [0, 0.05) is 56.3 Å². The highest BCUT2D eigenvalue weighted by Gasteiger charge is 2.31. The first-order chi connectivity index (χ1) is 22.0. The number of likely N-dealkylation sites (N-methyl/N-ethyl adjacent to an activating group) is 1. The molecule has 2 N–H and O–H groups in total. The van der Waals surface area contributed by atoms with E-state index < -0.39 is 28.1 Å². The van der Waals surface area contributed by atoms with Crippen LogP contribution in [0.25, 0.3) is 0 Å². The van der Waals surface area contributed by atoms with Gasteiger partial charge in [-0.25, -0.2) is 8.42 Å². The lowest BCUT2D eigenvalue weighted by molar-refractivity contribution is -0.0149. The normalized spacial score (nSPS) is 20.5. The molecule has 0 saturated heterocycles. The van der Waals surface area contributed by atoms with Gasteiger partial charge in [0.15, 0.2) is 0 Å². The number of amides is 2. The van der Waals surface area contributed by atoms with E-state index in [2.05, 4.69) is 9.71 Å². The molecule has 1 aromatic heterocycles. The molecule has 4 atom stereocenters. The molecule has 2 heterocycles. The third kappa shape index (κ3) is 9.05. The number of fused-ring (bicyclic) bond motifs is 1. The van der Waals surface area contributed by atoms with Gasteiger partial charge in [0.1, 0.15) is 5.75 Å². The Balaban J connectivity index is 1.66. The van der Waals surface area contributed by atoms with Crippen molar-refractivity contribution in [1.82, 2.24) is 14.8 Å². The van der Waals surface area contributed by atoms with Crippen molar-refractivity contribution in [1.29, 1.82) is 0 Å². The predicted molar refractivity (Wildman–Crippen MR) is 175 cm³/mol. The van der Waals surface area contributed by atoms with E-state index in [4.69, 9.17) is 9.47 Å². The summed E-state index contributed by atoms with van der Waals surface area (Å²) >= 11 is 0. The molecule has 0 aliphatic carbocycles. The van der Waals surface area contributed by atoms with Crippen LogP contribution in [0, 0.1) is 5.92 Å². The molecule has 0 unspecified atom stereocenters. The smallest absolute Gasteiger partial charge is 0.261 e. The molecule has 248 valence electrons. The fourth-order valence-corrected chi connectivity index (χ4v) is 6.40. The Hall–Kier alpha value is -4.00. The second kappa shape index (κ2) is 16.0. The molecule has 12 heteroatoms. The fourth-order valence-electron chi connectivity index (χ4n) is 5.33. The second-order valence-electron chi connectivity index (χ2n) is 11.9. The lowest BCUT2D eigenvalue weighted by Crippen LogP contribution is -2.48. The first-order valence-corrected chi connectivity index (χ1v) is 17.1. The Morgan fingerprint density at radius 2 is 1.83 bits per heavy atom. The monoisotopic (exact) mass is 652 g/mol. The molecule has 0 saturated carbocycles. The summed E-state index contributed by atoms with van der Waals surface area (Å²) < 4.78 is 41.3. The molecule has 0 bridgehead atoms. The zero-order chi connectivity index (χ0) is 33.3. The van der Waals surface area contributed by atoms with Gasteiger partial charge in [0.05, 0.1) is 35.3 Å². The summed E-state index contributed by atoms with van der Waals surface area (Å²) in [4.78, 5) is 34.7. The highest BCUT2D eigenvalue weighted by atomic mass is 32.2. The number of nitrogens with zero attached hydrogens (tertiary/aromatic N) is 3. The van der Waals surface area contributed by atoms with E-state index in [0.29, 0.717) is 30.9 Å². The number of pyridine rings is 1. The lowest BCUT2D eigenvalue weighted by Gasteiger charge is -2.36. The van der Waals surface area contributed by atoms with Gasteiger partial charge >= 0.3 is 0 Å². The fraction of sp³-hybridized carbons (Fsp3) is 0.441. The van der Waals surface area contributed by atoms with E-state index >= 15 is 0 Å². The molecule has 2 amide bonds. The first kappa shape index (κ1) is 34.9. The van der Waals surface area contributed by atoms with E-state index in [9.17, 15) is 23.1 Å². The number of hydrogen-bond acceptors (Lipinski definition) is 8. The molecular weight excluding hydrogens is 608 g/mol. The Bertz CT molecular complexity index is 1560. The number of aliphatic hydroxyl groups is 1. The first-order valence-electron chi connectivity index (χ1n) is 15.6. The van der Waals surface area contributed by atoms with Crippen LogP contribution in [0.1, 0.15) is 60.7 Å². The third-order valence-electron chi connectivity index (χ3n) is 8.09. The summed E-state index contributed by atoms with van der Waals surface area (Å²) in [6.45, 7) is 6.30. The number of nitrogens with one attached hydrogen (secondary N) is 1. The Morgan fingerprint density at radius 3 is 2.52 bits per heavy atom. The minimum absolute atomic E-state index is 0.0917. The molecule has 3 aromatic rings. The second-order valence-corrected chi connectivity index (χ2v) is 13.5. The number of carbonyl (C=O) groups excluding carboxylic acids is 2. The summed E-state index contributed by atoms with van der Waals surface area (Å²) in [5.41, 5.74) is 0.892. The van der Waals surface area contributed by atoms with Crippen LogP contribution in [0.5, 0.6) is 5.75 Å². The van der Waals surface area contributed by atoms with Gasteiger partial charge in [-0.15, -0.1) is 0 Å². The summed E-state index contributed by atoms with van der Waals surface area (Å²) in [6, 6.07) is 15.4. The van der Waals surface area contributed by atoms with Crippen molar-refractivity contribution in [3.8, 4) is 5.75 Å². The standard InChI is InChI=1S/C34H44N4O7S/c1-24-21-38(25(2)23-39)34(41)30-20-28(36-46(42,43)29-11-6-5-7-12-29)13-14-31(30)45-26(3)10-8-9-19-44-32(24)22-37(4)33(40)27-15-17-35-18-16-27/h5-7,11-18,20,24-26,32,36,39H,8-10,19,21-23H2,1-4H3/t24-,25+,26+,32+/m0/s1. The van der Waals surface area contributed by atoms with Gasteiger partial charge in [-0.1, -0.05) is 25.1 Å². The van der Waals surface area contributed by atoms with Gasteiger partial charge in [-0.05, 0) is 75.6 Å². The molecule has 0 radical (unpaired) electrons. The molecule has 0 spiro atoms. The van der Waals surface area contributed by atoms with Crippen LogP contribution in [0.4, 0.5) is 5.69 Å². The maximum Gasteiger partial charge on any atom is 0.261 e. The molecular formula is C34H44N4O7S. The van der Waals surface area contributed by atoms with Crippen LogP contribution in [0.2, 0.25) is 0 Å². The summed E-state index contributed by atoms with van der Waals surface area (Å²) in [5, 5.41) is 10.2. The van der Waals surface area contributed by atoms with Crippen molar-refractivity contribution in [2.45, 2.75) is 63.2 Å². The number of aromatic nitrogens is 1. The topological polar surface area (TPSA) is 138 Å². The van der Waals surface area contributed by atoms with E-state index in [0.717, 1.165) is 12.8 Å². The largest absolute Gasteiger partial charge is 0.490 e. The average Bonchev–Trinajstić information content (AvgIpc) is 3.06. The number of rotatable bonds is 8. The lowest BCUT2D eigenvalue weighted by atomic mass is 10.0. The van der Waals surface area contributed by atoms with E-state index in [1.54, 1.807) is 78.6 Å². The SMILES string of the molecule is C[C@@H]1CCCCO[C@H](CN(C)C(=O)c2ccncc2)[C@@H](C)CN([C@H](C)CO)C(=O)c2cc(NS(=O)(=O)c3ccccc3)ccc2O1. The van der Waals surface area contributed by atoms with E-state index in [1.807, 2.05) is 13.8 Å². The molecule has 11 nitrogen and oxygen atoms in total. The van der Waals surface area contributed by atoms with Crippen molar-refractivity contribution < 1.29 is 32.6 Å². The van der Waals surface area contributed by atoms with E-state index in [-0.39, 0.29) is 47.2 Å². The zero-order valence-electron chi connectivity index (χ0n) is 26.8. The van der Waals surface area contributed by atoms with Crippen molar-refractivity contribution in [2.75, 3.05) is 38.1 Å². The van der Waals surface area contributed by atoms with Gasteiger partial charge in [-0.2, -0.15) is 0 Å². The number of anilines is 1. The molecule has 1 aliphatic heterocycles. The van der Waals surface area contributed by atoms with Gasteiger partial charge in [0.2, 0.25) is 0 Å². The molecule has 2 aromatic carbocycles. The van der Waals surface area contributed by atoms with Crippen LogP contribution < -0.4 is 9.46 Å². The van der Waals surface area contributed by atoms with Crippen LogP contribution >= 0.6 is 0 Å². The van der Waals surface area contributed by atoms with Gasteiger partial charge in [-0.3, -0.25) is 19.3 Å². The summed E-state index contributed by atoms with van der Waals surface area (Å²) in [7, 11) is -2.20.